The first-order chi connectivity index (χ1) is 9.34. The van der Waals surface area contributed by atoms with Crippen LogP contribution in [0.5, 0.6) is 0 Å². The number of nitrogens with two attached hydrogens (primary N) is 1. The third kappa shape index (κ3) is 3.01. The molecule has 1 aromatic rings. The lowest BCUT2D eigenvalue weighted by molar-refractivity contribution is 0.134. The lowest BCUT2D eigenvalue weighted by Gasteiger charge is -2.26. The molecule has 1 unspecified atom stereocenters. The van der Waals surface area contributed by atoms with E-state index in [0.29, 0.717) is 5.92 Å². The monoisotopic (exact) mass is 259 g/mol. The maximum atomic E-state index is 6.54. The summed E-state index contributed by atoms with van der Waals surface area (Å²) < 4.78 is 5.49. The zero-order valence-electron chi connectivity index (χ0n) is 11.7. The molecule has 1 heterocycles. The maximum absolute atomic E-state index is 6.54. The fourth-order valence-corrected chi connectivity index (χ4v) is 3.52. The molecule has 0 bridgehead atoms. The molecule has 19 heavy (non-hydrogen) atoms. The van der Waals surface area contributed by atoms with Gasteiger partial charge in [-0.2, -0.15) is 0 Å². The Morgan fingerprint density at radius 3 is 2.42 bits per heavy atom. The van der Waals surface area contributed by atoms with Crippen LogP contribution in [0.15, 0.2) is 18.2 Å². The van der Waals surface area contributed by atoms with Gasteiger partial charge in [-0.25, -0.2) is 0 Å². The maximum Gasteiger partial charge on any atom is 0.0725 e. The van der Waals surface area contributed by atoms with Gasteiger partial charge in [0.2, 0.25) is 0 Å². The van der Waals surface area contributed by atoms with Gasteiger partial charge in [-0.05, 0) is 35.4 Å². The van der Waals surface area contributed by atoms with Crippen molar-refractivity contribution < 1.29 is 4.74 Å². The fourth-order valence-electron chi connectivity index (χ4n) is 3.52. The molecule has 0 amide bonds. The molecule has 2 aliphatic rings. The SMILES string of the molecule is NC(c1ccc2c(c1)COC2)C1CCCCCCC1. The van der Waals surface area contributed by atoms with Crippen molar-refractivity contribution in [3.05, 3.63) is 34.9 Å². The van der Waals surface area contributed by atoms with Crippen LogP contribution in [0.2, 0.25) is 0 Å². The van der Waals surface area contributed by atoms with Gasteiger partial charge >= 0.3 is 0 Å². The molecule has 1 aromatic carbocycles. The van der Waals surface area contributed by atoms with Crippen LogP contribution in [0.3, 0.4) is 0 Å². The Kier molecular flexibility index (Phi) is 4.19. The third-order valence-electron chi connectivity index (χ3n) is 4.79. The highest BCUT2D eigenvalue weighted by Crippen LogP contribution is 2.33. The second kappa shape index (κ2) is 6.06. The second-order valence-electron chi connectivity index (χ2n) is 6.15. The summed E-state index contributed by atoms with van der Waals surface area (Å²) in [6.45, 7) is 1.54. The van der Waals surface area contributed by atoms with Gasteiger partial charge in [0.25, 0.3) is 0 Å². The minimum Gasteiger partial charge on any atom is -0.372 e. The highest BCUT2D eigenvalue weighted by atomic mass is 16.5. The summed E-state index contributed by atoms with van der Waals surface area (Å²) in [5.41, 5.74) is 10.5. The fraction of sp³-hybridized carbons (Fsp3) is 0.647. The molecule has 2 heteroatoms. The zero-order valence-corrected chi connectivity index (χ0v) is 11.7. The highest BCUT2D eigenvalue weighted by molar-refractivity contribution is 5.34. The van der Waals surface area contributed by atoms with Crippen LogP contribution in [-0.2, 0) is 18.0 Å². The van der Waals surface area contributed by atoms with Gasteiger partial charge in [0.1, 0.15) is 0 Å². The second-order valence-corrected chi connectivity index (χ2v) is 6.15. The van der Waals surface area contributed by atoms with Crippen LogP contribution in [0.1, 0.15) is 67.7 Å². The summed E-state index contributed by atoms with van der Waals surface area (Å²) in [7, 11) is 0. The number of fused-ring (bicyclic) bond motifs is 1. The van der Waals surface area contributed by atoms with Crippen molar-refractivity contribution in [2.24, 2.45) is 11.7 Å². The summed E-state index contributed by atoms with van der Waals surface area (Å²) in [6, 6.07) is 6.92. The molecule has 1 fully saturated rings. The van der Waals surface area contributed by atoms with E-state index in [1.807, 2.05) is 0 Å². The molecule has 3 rings (SSSR count). The molecule has 0 radical (unpaired) electrons. The first-order valence-corrected chi connectivity index (χ1v) is 7.79. The molecule has 1 saturated carbocycles. The Bertz CT molecular complexity index is 421. The average Bonchev–Trinajstić information content (AvgIpc) is 2.84. The van der Waals surface area contributed by atoms with Gasteiger partial charge < -0.3 is 10.5 Å². The van der Waals surface area contributed by atoms with Crippen molar-refractivity contribution in [2.45, 2.75) is 64.2 Å². The summed E-state index contributed by atoms with van der Waals surface area (Å²) in [5.74, 6) is 0.667. The van der Waals surface area contributed by atoms with E-state index in [0.717, 1.165) is 13.2 Å². The van der Waals surface area contributed by atoms with Gasteiger partial charge in [0.05, 0.1) is 13.2 Å². The Balaban J connectivity index is 1.72. The first kappa shape index (κ1) is 13.1. The van der Waals surface area contributed by atoms with E-state index in [1.54, 1.807) is 0 Å². The zero-order chi connectivity index (χ0) is 13.1. The number of rotatable bonds is 2. The van der Waals surface area contributed by atoms with Gasteiger partial charge in [0, 0.05) is 6.04 Å². The van der Waals surface area contributed by atoms with Crippen LogP contribution >= 0.6 is 0 Å². The van der Waals surface area contributed by atoms with E-state index in [1.165, 1.54) is 61.6 Å². The van der Waals surface area contributed by atoms with Crippen molar-refractivity contribution in [3.63, 3.8) is 0 Å². The van der Waals surface area contributed by atoms with Crippen molar-refractivity contribution in [2.75, 3.05) is 0 Å². The molecular formula is C17H25NO. The molecule has 1 aliphatic carbocycles. The third-order valence-corrected chi connectivity index (χ3v) is 4.79. The van der Waals surface area contributed by atoms with Crippen molar-refractivity contribution in [1.82, 2.24) is 0 Å². The predicted octanol–water partition coefficient (Wildman–Crippen LogP) is 4.08. The van der Waals surface area contributed by atoms with E-state index in [9.17, 15) is 0 Å². The summed E-state index contributed by atoms with van der Waals surface area (Å²) in [5, 5.41) is 0. The Morgan fingerprint density at radius 1 is 0.947 bits per heavy atom. The minimum atomic E-state index is 0.212. The number of hydrogen-bond donors (Lipinski definition) is 1. The van der Waals surface area contributed by atoms with Gasteiger partial charge in [0.15, 0.2) is 0 Å². The van der Waals surface area contributed by atoms with Crippen molar-refractivity contribution in [1.29, 1.82) is 0 Å². The molecule has 2 nitrogen and oxygen atoms in total. The van der Waals surface area contributed by atoms with Crippen LogP contribution < -0.4 is 5.73 Å². The molecular weight excluding hydrogens is 234 g/mol. The standard InChI is InChI=1S/C17H25NO/c18-17(13-6-4-2-1-3-5-7-13)14-8-9-15-11-19-12-16(15)10-14/h8-10,13,17H,1-7,11-12,18H2. The quantitative estimate of drug-likeness (QED) is 0.868. The Hall–Kier alpha value is -0.860. The van der Waals surface area contributed by atoms with Crippen LogP contribution in [0.4, 0.5) is 0 Å². The first-order valence-electron chi connectivity index (χ1n) is 7.79. The van der Waals surface area contributed by atoms with Gasteiger partial charge in [-0.15, -0.1) is 0 Å². The average molecular weight is 259 g/mol. The predicted molar refractivity (Wildman–Crippen MR) is 77.7 cm³/mol. The molecule has 1 aliphatic heterocycles. The molecule has 104 valence electrons. The number of hydrogen-bond acceptors (Lipinski definition) is 2. The normalized spacial score (nSPS) is 22.6. The van der Waals surface area contributed by atoms with Crippen LogP contribution in [-0.4, -0.2) is 0 Å². The topological polar surface area (TPSA) is 35.2 Å². The summed E-state index contributed by atoms with van der Waals surface area (Å²) in [6.07, 6.45) is 9.50. The van der Waals surface area contributed by atoms with E-state index in [4.69, 9.17) is 10.5 Å². The van der Waals surface area contributed by atoms with E-state index < -0.39 is 0 Å². The lowest BCUT2D eigenvalue weighted by Crippen LogP contribution is -2.22. The largest absolute Gasteiger partial charge is 0.372 e. The van der Waals surface area contributed by atoms with Crippen molar-refractivity contribution in [3.8, 4) is 0 Å². The Morgan fingerprint density at radius 2 is 1.63 bits per heavy atom. The lowest BCUT2D eigenvalue weighted by atomic mass is 9.83. The van der Waals surface area contributed by atoms with Gasteiger partial charge in [-0.3, -0.25) is 0 Å². The van der Waals surface area contributed by atoms with Crippen LogP contribution in [0.25, 0.3) is 0 Å². The van der Waals surface area contributed by atoms with E-state index >= 15 is 0 Å². The van der Waals surface area contributed by atoms with Gasteiger partial charge in [-0.1, -0.05) is 50.3 Å². The summed E-state index contributed by atoms with van der Waals surface area (Å²) >= 11 is 0. The molecule has 2 N–H and O–H groups in total. The number of benzene rings is 1. The smallest absolute Gasteiger partial charge is 0.0725 e. The molecule has 0 spiro atoms. The molecule has 0 aromatic heterocycles. The van der Waals surface area contributed by atoms with E-state index in [2.05, 4.69) is 18.2 Å². The van der Waals surface area contributed by atoms with Crippen molar-refractivity contribution >= 4 is 0 Å². The number of ether oxygens (including phenoxy) is 1. The van der Waals surface area contributed by atoms with E-state index in [-0.39, 0.29) is 6.04 Å². The minimum absolute atomic E-state index is 0.212. The van der Waals surface area contributed by atoms with Crippen LogP contribution in [0, 0.1) is 5.92 Å². The molecule has 0 saturated heterocycles. The Labute approximate surface area is 116 Å². The highest BCUT2D eigenvalue weighted by Gasteiger charge is 2.22. The molecule has 1 atom stereocenters. The summed E-state index contributed by atoms with van der Waals surface area (Å²) in [4.78, 5) is 0.